The summed E-state index contributed by atoms with van der Waals surface area (Å²) in [5.74, 6) is -0.0828. The van der Waals surface area contributed by atoms with Crippen molar-refractivity contribution < 1.29 is 23.9 Å². The lowest BCUT2D eigenvalue weighted by atomic mass is 10.2. The summed E-state index contributed by atoms with van der Waals surface area (Å²) in [4.78, 5) is 38.8. The summed E-state index contributed by atoms with van der Waals surface area (Å²) in [6.45, 7) is 5.77. The van der Waals surface area contributed by atoms with Gasteiger partial charge in [-0.15, -0.1) is 0 Å². The van der Waals surface area contributed by atoms with Gasteiger partial charge in [0.25, 0.3) is 11.1 Å². The SMILES string of the molecule is C=CCOc1c(Br)cc(/C=C2/SC(=O)N(CC(=O)Nc3ccc(Br)c(Cl)c3)C2=O)cc1OCC. The zero-order chi connectivity index (χ0) is 24.8. The molecule has 1 aliphatic rings. The van der Waals surface area contributed by atoms with Crippen molar-refractivity contribution in [3.05, 3.63) is 67.4 Å². The average Bonchev–Trinajstić information content (AvgIpc) is 3.03. The smallest absolute Gasteiger partial charge is 0.294 e. The number of halogens is 3. The monoisotopic (exact) mass is 628 g/mol. The fraction of sp³-hybridized carbons (Fsp3) is 0.174. The van der Waals surface area contributed by atoms with Crippen LogP contribution in [0.1, 0.15) is 12.5 Å². The van der Waals surface area contributed by atoms with E-state index in [0.29, 0.717) is 49.9 Å². The van der Waals surface area contributed by atoms with Gasteiger partial charge in [-0.2, -0.15) is 0 Å². The molecular weight excluding hydrogens is 612 g/mol. The molecule has 3 rings (SSSR count). The maximum absolute atomic E-state index is 12.8. The maximum atomic E-state index is 12.8. The van der Waals surface area contributed by atoms with Crippen molar-refractivity contribution in [2.24, 2.45) is 0 Å². The molecule has 0 radical (unpaired) electrons. The van der Waals surface area contributed by atoms with Crippen LogP contribution >= 0.6 is 55.2 Å². The zero-order valence-corrected chi connectivity index (χ0v) is 22.6. The topological polar surface area (TPSA) is 84.9 Å². The fourth-order valence-corrected chi connectivity index (χ4v) is 4.76. The Morgan fingerprint density at radius 2 is 1.97 bits per heavy atom. The number of nitrogens with one attached hydrogen (secondary N) is 1. The molecule has 0 saturated carbocycles. The first-order valence-electron chi connectivity index (χ1n) is 9.93. The van der Waals surface area contributed by atoms with E-state index in [2.05, 4.69) is 43.8 Å². The molecule has 0 aromatic heterocycles. The van der Waals surface area contributed by atoms with Gasteiger partial charge in [0.1, 0.15) is 13.2 Å². The van der Waals surface area contributed by atoms with Gasteiger partial charge in [-0.3, -0.25) is 19.3 Å². The van der Waals surface area contributed by atoms with Crippen molar-refractivity contribution in [3.63, 3.8) is 0 Å². The first-order valence-corrected chi connectivity index (χ1v) is 12.7. The summed E-state index contributed by atoms with van der Waals surface area (Å²) in [6.07, 6.45) is 3.19. The van der Waals surface area contributed by atoms with Gasteiger partial charge in [0, 0.05) is 10.2 Å². The Labute approximate surface area is 222 Å². The minimum absolute atomic E-state index is 0.193. The second kappa shape index (κ2) is 11.9. The van der Waals surface area contributed by atoms with Crippen molar-refractivity contribution in [1.29, 1.82) is 0 Å². The van der Waals surface area contributed by atoms with Crippen LogP contribution in [0.5, 0.6) is 11.5 Å². The number of thioether (sulfide) groups is 1. The Bertz CT molecular complexity index is 1190. The third-order valence-corrected chi connectivity index (χ3v) is 7.08. The van der Waals surface area contributed by atoms with Gasteiger partial charge < -0.3 is 14.8 Å². The molecular formula is C23H19Br2ClN2O5S. The van der Waals surface area contributed by atoms with Gasteiger partial charge in [-0.25, -0.2) is 0 Å². The van der Waals surface area contributed by atoms with Gasteiger partial charge in [0.05, 0.1) is 21.0 Å². The number of anilines is 1. The van der Waals surface area contributed by atoms with Crippen molar-refractivity contribution in [2.45, 2.75) is 6.92 Å². The minimum atomic E-state index is -0.556. The number of rotatable bonds is 9. The standard InChI is InChI=1S/C23H19Br2ClN2O5S/c1-3-7-33-21-16(25)8-13(9-18(21)32-4-2)10-19-22(30)28(23(31)34-19)12-20(29)27-14-5-6-15(24)17(26)11-14/h3,5-6,8-11H,1,4,7,12H2,2H3,(H,27,29)/b19-10+. The maximum Gasteiger partial charge on any atom is 0.294 e. The number of nitrogens with zero attached hydrogens (tertiary/aromatic N) is 1. The van der Waals surface area contributed by atoms with Crippen molar-refractivity contribution in [1.82, 2.24) is 4.90 Å². The molecule has 2 aromatic carbocycles. The molecule has 1 aliphatic heterocycles. The molecule has 1 heterocycles. The molecule has 1 saturated heterocycles. The summed E-state index contributed by atoms with van der Waals surface area (Å²) in [5, 5.41) is 2.52. The molecule has 34 heavy (non-hydrogen) atoms. The number of amides is 3. The van der Waals surface area contributed by atoms with Crippen LogP contribution in [0.25, 0.3) is 6.08 Å². The molecule has 1 N–H and O–H groups in total. The minimum Gasteiger partial charge on any atom is -0.490 e. The molecule has 2 aromatic rings. The van der Waals surface area contributed by atoms with Gasteiger partial charge in [-0.05, 0) is 92.5 Å². The van der Waals surface area contributed by atoms with Crippen LogP contribution in [0.4, 0.5) is 10.5 Å². The highest BCUT2D eigenvalue weighted by Gasteiger charge is 2.36. The quantitative estimate of drug-likeness (QED) is 0.252. The normalized spacial score (nSPS) is 14.5. The molecule has 0 atom stereocenters. The van der Waals surface area contributed by atoms with Gasteiger partial charge in [0.2, 0.25) is 5.91 Å². The predicted octanol–water partition coefficient (Wildman–Crippen LogP) is 6.50. The molecule has 3 amide bonds. The summed E-state index contributed by atoms with van der Waals surface area (Å²) in [5.41, 5.74) is 1.08. The number of imide groups is 1. The Kier molecular flexibility index (Phi) is 9.24. The number of hydrogen-bond donors (Lipinski definition) is 1. The fourth-order valence-electron chi connectivity index (χ4n) is 2.92. The van der Waals surface area contributed by atoms with Crippen LogP contribution < -0.4 is 14.8 Å². The first-order chi connectivity index (χ1) is 16.2. The van der Waals surface area contributed by atoms with Crippen LogP contribution in [0.15, 0.2) is 56.8 Å². The summed E-state index contributed by atoms with van der Waals surface area (Å²) >= 11 is 13.5. The van der Waals surface area contributed by atoms with Crippen LogP contribution in [0.2, 0.25) is 5.02 Å². The lowest BCUT2D eigenvalue weighted by Crippen LogP contribution is -2.36. The lowest BCUT2D eigenvalue weighted by molar-refractivity contribution is -0.127. The van der Waals surface area contributed by atoms with E-state index in [0.717, 1.165) is 16.7 Å². The van der Waals surface area contributed by atoms with Crippen LogP contribution in [0, 0.1) is 0 Å². The summed E-state index contributed by atoms with van der Waals surface area (Å²) < 4.78 is 12.6. The van der Waals surface area contributed by atoms with Crippen molar-refractivity contribution >= 4 is 84.0 Å². The van der Waals surface area contributed by atoms with Crippen LogP contribution in [-0.2, 0) is 9.59 Å². The molecule has 0 unspecified atom stereocenters. The molecule has 178 valence electrons. The van der Waals surface area contributed by atoms with E-state index in [4.69, 9.17) is 21.1 Å². The third kappa shape index (κ3) is 6.44. The van der Waals surface area contributed by atoms with Crippen molar-refractivity contribution in [3.8, 4) is 11.5 Å². The summed E-state index contributed by atoms with van der Waals surface area (Å²) in [6, 6.07) is 8.36. The molecule has 0 aliphatic carbocycles. The van der Waals surface area contributed by atoms with Crippen LogP contribution in [-0.4, -0.2) is 41.7 Å². The number of carbonyl (C=O) groups excluding carboxylic acids is 3. The number of ether oxygens (including phenoxy) is 2. The Hall–Kier alpha value is -2.27. The zero-order valence-electron chi connectivity index (χ0n) is 17.9. The predicted molar refractivity (Wildman–Crippen MR) is 141 cm³/mol. The van der Waals surface area contributed by atoms with Gasteiger partial charge in [-0.1, -0.05) is 24.3 Å². The second-order valence-corrected chi connectivity index (χ2v) is 9.92. The molecule has 11 heteroatoms. The van der Waals surface area contributed by atoms with Crippen LogP contribution in [0.3, 0.4) is 0 Å². The molecule has 0 bridgehead atoms. The molecule has 0 spiro atoms. The second-order valence-electron chi connectivity index (χ2n) is 6.81. The number of hydrogen-bond acceptors (Lipinski definition) is 6. The van der Waals surface area contributed by atoms with E-state index in [1.807, 2.05) is 6.92 Å². The highest BCUT2D eigenvalue weighted by Crippen LogP contribution is 2.39. The lowest BCUT2D eigenvalue weighted by Gasteiger charge is -2.14. The highest BCUT2D eigenvalue weighted by molar-refractivity contribution is 9.10. The Balaban J connectivity index is 1.76. The van der Waals surface area contributed by atoms with Gasteiger partial charge in [0.15, 0.2) is 11.5 Å². The highest BCUT2D eigenvalue weighted by atomic mass is 79.9. The van der Waals surface area contributed by atoms with E-state index >= 15 is 0 Å². The first kappa shape index (κ1) is 26.3. The number of benzene rings is 2. The van der Waals surface area contributed by atoms with E-state index in [1.54, 1.807) is 42.5 Å². The van der Waals surface area contributed by atoms with E-state index in [9.17, 15) is 14.4 Å². The number of carbonyl (C=O) groups is 3. The third-order valence-electron chi connectivity index (χ3n) is 4.35. The van der Waals surface area contributed by atoms with E-state index in [-0.39, 0.29) is 4.91 Å². The Morgan fingerprint density at radius 3 is 2.65 bits per heavy atom. The van der Waals surface area contributed by atoms with Gasteiger partial charge >= 0.3 is 0 Å². The largest absolute Gasteiger partial charge is 0.490 e. The molecule has 7 nitrogen and oxygen atoms in total. The van der Waals surface area contributed by atoms with Crippen molar-refractivity contribution in [2.75, 3.05) is 25.1 Å². The molecule has 1 fully saturated rings. The Morgan fingerprint density at radius 1 is 1.21 bits per heavy atom. The van der Waals surface area contributed by atoms with E-state index in [1.165, 1.54) is 0 Å². The summed E-state index contributed by atoms with van der Waals surface area (Å²) in [7, 11) is 0. The van der Waals surface area contributed by atoms with E-state index < -0.39 is 23.6 Å². The average molecular weight is 631 g/mol.